The van der Waals surface area contributed by atoms with Crippen LogP contribution in [0.2, 0.25) is 0 Å². The van der Waals surface area contributed by atoms with Crippen molar-refractivity contribution in [1.29, 1.82) is 0 Å². The van der Waals surface area contributed by atoms with Crippen molar-refractivity contribution in [2.45, 2.75) is 48.5 Å². The molecule has 7 nitrogen and oxygen atoms in total. The van der Waals surface area contributed by atoms with E-state index in [4.69, 9.17) is 10.3 Å². The average molecular weight is 435 g/mol. The maximum Gasteiger partial charge on any atom is 0.243 e. The Labute approximate surface area is 167 Å². The molecule has 4 rings (SSSR count). The highest BCUT2D eigenvalue weighted by Crippen LogP contribution is 2.38. The fourth-order valence-electron chi connectivity index (χ4n) is 3.51. The molecule has 0 radical (unpaired) electrons. The van der Waals surface area contributed by atoms with E-state index in [-0.39, 0.29) is 36.3 Å². The summed E-state index contributed by atoms with van der Waals surface area (Å²) >= 11 is 0. The van der Waals surface area contributed by atoms with Crippen molar-refractivity contribution in [2.75, 3.05) is 13.1 Å². The van der Waals surface area contributed by atoms with Crippen LogP contribution in [0.4, 0.5) is 8.78 Å². The SMILES string of the molecule is Cl.NC1(c2noc(C3CCN(S(=O)(=O)c4ccc(F)c(F)c4)CC3)n2)CCC1. The topological polar surface area (TPSA) is 102 Å². The van der Waals surface area contributed by atoms with E-state index in [2.05, 4.69) is 10.1 Å². The molecule has 0 atom stereocenters. The van der Waals surface area contributed by atoms with E-state index in [0.29, 0.717) is 30.6 Å². The van der Waals surface area contributed by atoms with Crippen LogP contribution >= 0.6 is 12.4 Å². The van der Waals surface area contributed by atoms with Gasteiger partial charge in [-0.25, -0.2) is 17.2 Å². The zero-order valence-electron chi connectivity index (χ0n) is 15.0. The number of benzene rings is 1. The van der Waals surface area contributed by atoms with Crippen LogP contribution in [-0.4, -0.2) is 36.0 Å². The van der Waals surface area contributed by atoms with Gasteiger partial charge in [0, 0.05) is 19.0 Å². The Balaban J connectivity index is 0.00000225. The molecule has 1 saturated heterocycles. The second-order valence-corrected chi connectivity index (χ2v) is 9.16. The van der Waals surface area contributed by atoms with E-state index in [1.807, 2.05) is 0 Å². The lowest BCUT2D eigenvalue weighted by atomic mass is 9.77. The second kappa shape index (κ2) is 7.66. The first-order valence-corrected chi connectivity index (χ1v) is 10.3. The number of sulfonamides is 1. The van der Waals surface area contributed by atoms with E-state index in [9.17, 15) is 17.2 Å². The molecule has 1 aromatic carbocycles. The summed E-state index contributed by atoms with van der Waals surface area (Å²) < 4.78 is 58.4. The fraction of sp³-hybridized carbons (Fsp3) is 0.529. The van der Waals surface area contributed by atoms with Crippen LogP contribution in [0.5, 0.6) is 0 Å². The molecule has 0 bridgehead atoms. The number of nitrogens with zero attached hydrogens (tertiary/aromatic N) is 3. The van der Waals surface area contributed by atoms with Gasteiger partial charge >= 0.3 is 0 Å². The quantitative estimate of drug-likeness (QED) is 0.793. The minimum Gasteiger partial charge on any atom is -0.339 e. The molecule has 1 aliphatic heterocycles. The summed E-state index contributed by atoms with van der Waals surface area (Å²) in [5.41, 5.74) is 5.70. The molecule has 2 N–H and O–H groups in total. The second-order valence-electron chi connectivity index (χ2n) is 7.22. The molecule has 1 saturated carbocycles. The summed E-state index contributed by atoms with van der Waals surface area (Å²) in [4.78, 5) is 4.18. The summed E-state index contributed by atoms with van der Waals surface area (Å²) in [5.74, 6) is -1.32. The Morgan fingerprint density at radius 3 is 2.43 bits per heavy atom. The average Bonchev–Trinajstić information content (AvgIpc) is 3.12. The minimum atomic E-state index is -3.88. The molecular formula is C17H21ClF2N4O3S. The van der Waals surface area contributed by atoms with Gasteiger partial charge in [0.15, 0.2) is 17.5 Å². The van der Waals surface area contributed by atoms with Gasteiger partial charge in [0.05, 0.1) is 10.4 Å². The van der Waals surface area contributed by atoms with Crippen molar-refractivity contribution >= 4 is 22.4 Å². The molecule has 1 aliphatic carbocycles. The molecule has 2 heterocycles. The monoisotopic (exact) mass is 434 g/mol. The van der Waals surface area contributed by atoms with Gasteiger partial charge in [-0.05, 0) is 50.3 Å². The lowest BCUT2D eigenvalue weighted by Gasteiger charge is -2.34. The molecule has 2 aliphatic rings. The molecule has 11 heteroatoms. The number of rotatable bonds is 4. The minimum absolute atomic E-state index is 0. The first-order chi connectivity index (χ1) is 12.8. The highest BCUT2D eigenvalue weighted by molar-refractivity contribution is 7.89. The highest BCUT2D eigenvalue weighted by Gasteiger charge is 2.40. The van der Waals surface area contributed by atoms with Crippen molar-refractivity contribution in [3.63, 3.8) is 0 Å². The molecule has 2 aromatic rings. The van der Waals surface area contributed by atoms with Crippen molar-refractivity contribution in [2.24, 2.45) is 5.73 Å². The van der Waals surface area contributed by atoms with Crippen LogP contribution in [-0.2, 0) is 15.6 Å². The molecule has 0 unspecified atom stereocenters. The molecule has 154 valence electrons. The Bertz CT molecular complexity index is 957. The van der Waals surface area contributed by atoms with Gasteiger partial charge in [0.2, 0.25) is 15.9 Å². The number of nitrogens with two attached hydrogens (primary N) is 1. The zero-order valence-corrected chi connectivity index (χ0v) is 16.6. The highest BCUT2D eigenvalue weighted by atomic mass is 35.5. The van der Waals surface area contributed by atoms with E-state index in [1.54, 1.807) is 0 Å². The Hall–Kier alpha value is -1.62. The molecular weight excluding hydrogens is 414 g/mol. The number of halogens is 3. The Morgan fingerprint density at radius 1 is 1.18 bits per heavy atom. The molecule has 1 aromatic heterocycles. The van der Waals surface area contributed by atoms with Crippen LogP contribution < -0.4 is 5.73 Å². The van der Waals surface area contributed by atoms with Gasteiger partial charge in [0.25, 0.3) is 0 Å². The van der Waals surface area contributed by atoms with Crippen molar-refractivity contribution in [3.8, 4) is 0 Å². The molecule has 0 spiro atoms. The van der Waals surface area contributed by atoms with Crippen molar-refractivity contribution in [1.82, 2.24) is 14.4 Å². The Morgan fingerprint density at radius 2 is 1.86 bits per heavy atom. The lowest BCUT2D eigenvalue weighted by Crippen LogP contribution is -2.44. The van der Waals surface area contributed by atoms with Gasteiger partial charge in [-0.2, -0.15) is 9.29 Å². The summed E-state index contributed by atoms with van der Waals surface area (Å²) in [6.07, 6.45) is 3.71. The lowest BCUT2D eigenvalue weighted by molar-refractivity contribution is 0.227. The number of hydrogen-bond acceptors (Lipinski definition) is 6. The predicted molar refractivity (Wildman–Crippen MR) is 98.4 cm³/mol. The third kappa shape index (κ3) is 3.66. The normalized spacial score (nSPS) is 20.4. The third-order valence-corrected chi connectivity index (χ3v) is 7.36. The maximum atomic E-state index is 13.4. The van der Waals surface area contributed by atoms with Gasteiger partial charge in [-0.15, -0.1) is 12.4 Å². The largest absolute Gasteiger partial charge is 0.339 e. The predicted octanol–water partition coefficient (Wildman–Crippen LogP) is 2.68. The standard InChI is InChI=1S/C17H20F2N4O3S.ClH/c18-13-3-2-12(10-14(13)19)27(24,25)23-8-4-11(5-9-23)15-21-16(22-26-15)17(20)6-1-7-17;/h2-3,10-11H,1,4-9,20H2;1H. The van der Waals surface area contributed by atoms with Crippen LogP contribution in [0, 0.1) is 11.6 Å². The molecule has 2 fully saturated rings. The van der Waals surface area contributed by atoms with E-state index in [1.165, 1.54) is 4.31 Å². The van der Waals surface area contributed by atoms with Crippen LogP contribution in [0.3, 0.4) is 0 Å². The maximum absolute atomic E-state index is 13.4. The van der Waals surface area contributed by atoms with Gasteiger partial charge in [0.1, 0.15) is 0 Å². The van der Waals surface area contributed by atoms with Gasteiger partial charge in [-0.3, -0.25) is 0 Å². The van der Waals surface area contributed by atoms with Crippen molar-refractivity contribution in [3.05, 3.63) is 41.5 Å². The van der Waals surface area contributed by atoms with Gasteiger partial charge < -0.3 is 10.3 Å². The molecule has 28 heavy (non-hydrogen) atoms. The first-order valence-electron chi connectivity index (χ1n) is 8.88. The zero-order chi connectivity index (χ0) is 19.2. The molecule has 0 amide bonds. The summed E-state index contributed by atoms with van der Waals surface area (Å²) in [6, 6.07) is 2.60. The van der Waals surface area contributed by atoms with E-state index >= 15 is 0 Å². The van der Waals surface area contributed by atoms with E-state index in [0.717, 1.165) is 31.4 Å². The van der Waals surface area contributed by atoms with Crippen LogP contribution in [0.25, 0.3) is 0 Å². The summed E-state index contributed by atoms with van der Waals surface area (Å²) in [7, 11) is -3.88. The third-order valence-electron chi connectivity index (χ3n) is 5.46. The smallest absolute Gasteiger partial charge is 0.243 e. The van der Waals surface area contributed by atoms with Crippen LogP contribution in [0.15, 0.2) is 27.6 Å². The number of hydrogen-bond donors (Lipinski definition) is 1. The van der Waals surface area contributed by atoms with Crippen LogP contribution in [0.1, 0.15) is 49.7 Å². The summed E-state index contributed by atoms with van der Waals surface area (Å²) in [5, 5.41) is 4.00. The number of piperidine rings is 1. The van der Waals surface area contributed by atoms with E-state index < -0.39 is 27.2 Å². The summed E-state index contributed by atoms with van der Waals surface area (Å²) in [6.45, 7) is 0.467. The fourth-order valence-corrected chi connectivity index (χ4v) is 5.00. The van der Waals surface area contributed by atoms with Crippen molar-refractivity contribution < 1.29 is 21.7 Å². The first kappa shape index (κ1) is 21.1. The van der Waals surface area contributed by atoms with Gasteiger partial charge in [-0.1, -0.05) is 5.16 Å². The Kier molecular flexibility index (Phi) is 5.77. The number of aromatic nitrogens is 2.